The van der Waals surface area contributed by atoms with Gasteiger partial charge in [-0.15, -0.1) is 0 Å². The van der Waals surface area contributed by atoms with Crippen LogP contribution < -0.4 is 5.32 Å². The Balaban J connectivity index is 1.90. The van der Waals surface area contributed by atoms with Gasteiger partial charge in [0.15, 0.2) is 0 Å². The Morgan fingerprint density at radius 3 is 3.11 bits per heavy atom. The van der Waals surface area contributed by atoms with Crippen LogP contribution in [0.2, 0.25) is 0 Å². The van der Waals surface area contributed by atoms with Gasteiger partial charge in [0.1, 0.15) is 0 Å². The van der Waals surface area contributed by atoms with Crippen molar-refractivity contribution in [1.29, 1.82) is 0 Å². The maximum absolute atomic E-state index is 12.3. The van der Waals surface area contributed by atoms with Crippen LogP contribution in [0.25, 0.3) is 0 Å². The summed E-state index contributed by atoms with van der Waals surface area (Å²) in [5.41, 5.74) is 0.916. The van der Waals surface area contributed by atoms with Crippen LogP contribution >= 0.6 is 0 Å². The number of rotatable bonds is 4. The fourth-order valence-electron chi connectivity index (χ4n) is 2.59. The Morgan fingerprint density at radius 2 is 2.42 bits per heavy atom. The van der Waals surface area contributed by atoms with Gasteiger partial charge in [-0.2, -0.15) is 0 Å². The van der Waals surface area contributed by atoms with Crippen molar-refractivity contribution in [3.05, 3.63) is 30.1 Å². The molecule has 0 radical (unpaired) electrons. The number of pyridine rings is 1. The SMILES string of the molecule is CCN1CCCC(C(=O)NC(C)c2ccccn2)C1. The van der Waals surface area contributed by atoms with Gasteiger partial charge in [-0.05, 0) is 45.0 Å². The van der Waals surface area contributed by atoms with E-state index in [1.54, 1.807) is 6.20 Å². The van der Waals surface area contributed by atoms with Crippen molar-refractivity contribution in [2.45, 2.75) is 32.7 Å². The fraction of sp³-hybridized carbons (Fsp3) is 0.600. The first kappa shape index (κ1) is 14.0. The molecule has 4 nitrogen and oxygen atoms in total. The normalized spacial score (nSPS) is 21.9. The molecule has 0 aromatic carbocycles. The molecule has 1 saturated heterocycles. The predicted molar refractivity (Wildman–Crippen MR) is 75.6 cm³/mol. The van der Waals surface area contributed by atoms with E-state index in [2.05, 4.69) is 22.1 Å². The minimum absolute atomic E-state index is 0.0225. The number of hydrogen-bond donors (Lipinski definition) is 1. The average Bonchev–Trinajstić information content (AvgIpc) is 2.48. The van der Waals surface area contributed by atoms with E-state index in [0.29, 0.717) is 0 Å². The van der Waals surface area contributed by atoms with E-state index in [9.17, 15) is 4.79 Å². The zero-order chi connectivity index (χ0) is 13.7. The molecular weight excluding hydrogens is 238 g/mol. The summed E-state index contributed by atoms with van der Waals surface area (Å²) >= 11 is 0. The first-order valence-electron chi connectivity index (χ1n) is 7.14. The molecular formula is C15H23N3O. The van der Waals surface area contributed by atoms with Crippen molar-refractivity contribution < 1.29 is 4.79 Å². The highest BCUT2D eigenvalue weighted by atomic mass is 16.2. The molecule has 1 aromatic rings. The van der Waals surface area contributed by atoms with Gasteiger partial charge in [0.05, 0.1) is 17.7 Å². The number of carbonyl (C=O) groups excluding carboxylic acids is 1. The summed E-state index contributed by atoms with van der Waals surface area (Å²) in [6.07, 6.45) is 3.87. The number of piperidine rings is 1. The van der Waals surface area contributed by atoms with E-state index < -0.39 is 0 Å². The number of amides is 1. The van der Waals surface area contributed by atoms with Gasteiger partial charge in [0.25, 0.3) is 0 Å². The molecule has 104 valence electrons. The molecule has 2 atom stereocenters. The zero-order valence-electron chi connectivity index (χ0n) is 11.8. The van der Waals surface area contributed by atoms with Crippen molar-refractivity contribution in [2.24, 2.45) is 5.92 Å². The molecule has 2 unspecified atom stereocenters. The molecule has 1 N–H and O–H groups in total. The third-order valence-corrected chi connectivity index (χ3v) is 3.81. The maximum Gasteiger partial charge on any atom is 0.224 e. The molecule has 4 heteroatoms. The molecule has 1 fully saturated rings. The Bertz CT molecular complexity index is 407. The molecule has 0 bridgehead atoms. The first-order chi connectivity index (χ1) is 9.20. The number of likely N-dealkylation sites (tertiary alicyclic amines) is 1. The topological polar surface area (TPSA) is 45.2 Å². The molecule has 1 aromatic heterocycles. The van der Waals surface area contributed by atoms with E-state index in [0.717, 1.165) is 38.2 Å². The van der Waals surface area contributed by atoms with Crippen molar-refractivity contribution in [3.8, 4) is 0 Å². The van der Waals surface area contributed by atoms with Crippen LogP contribution in [0.4, 0.5) is 0 Å². The lowest BCUT2D eigenvalue weighted by atomic mass is 9.96. The maximum atomic E-state index is 12.3. The summed E-state index contributed by atoms with van der Waals surface area (Å²) in [5, 5.41) is 3.08. The number of nitrogens with one attached hydrogen (secondary N) is 1. The Kier molecular flexibility index (Phi) is 4.91. The van der Waals surface area contributed by atoms with E-state index >= 15 is 0 Å². The van der Waals surface area contributed by atoms with Crippen LogP contribution in [0.5, 0.6) is 0 Å². The van der Waals surface area contributed by atoms with E-state index in [4.69, 9.17) is 0 Å². The van der Waals surface area contributed by atoms with Gasteiger partial charge in [0.2, 0.25) is 5.91 Å². The van der Waals surface area contributed by atoms with E-state index in [1.165, 1.54) is 0 Å². The summed E-state index contributed by atoms with van der Waals surface area (Å²) in [7, 11) is 0. The third-order valence-electron chi connectivity index (χ3n) is 3.81. The second-order valence-electron chi connectivity index (χ2n) is 5.22. The second-order valence-corrected chi connectivity index (χ2v) is 5.22. The van der Waals surface area contributed by atoms with Crippen LogP contribution in [0.1, 0.15) is 38.4 Å². The quantitative estimate of drug-likeness (QED) is 0.901. The lowest BCUT2D eigenvalue weighted by Crippen LogP contribution is -2.43. The van der Waals surface area contributed by atoms with Gasteiger partial charge in [0, 0.05) is 12.7 Å². The summed E-state index contributed by atoms with van der Waals surface area (Å²) in [6.45, 7) is 7.17. The monoisotopic (exact) mass is 261 g/mol. The third kappa shape index (κ3) is 3.77. The standard InChI is InChI=1S/C15H23N3O/c1-3-18-10-6-7-13(11-18)15(19)17-12(2)14-8-4-5-9-16-14/h4-5,8-9,12-13H,3,6-7,10-11H2,1-2H3,(H,17,19). The highest BCUT2D eigenvalue weighted by Crippen LogP contribution is 2.18. The lowest BCUT2D eigenvalue weighted by Gasteiger charge is -2.31. The lowest BCUT2D eigenvalue weighted by molar-refractivity contribution is -0.127. The molecule has 1 amide bonds. The van der Waals surface area contributed by atoms with Gasteiger partial charge < -0.3 is 10.2 Å². The van der Waals surface area contributed by atoms with Crippen molar-refractivity contribution in [3.63, 3.8) is 0 Å². The Morgan fingerprint density at radius 1 is 1.58 bits per heavy atom. The van der Waals surface area contributed by atoms with Gasteiger partial charge in [-0.1, -0.05) is 13.0 Å². The average molecular weight is 261 g/mol. The number of aromatic nitrogens is 1. The largest absolute Gasteiger partial charge is 0.348 e. The Hall–Kier alpha value is -1.42. The van der Waals surface area contributed by atoms with Crippen LogP contribution in [0.3, 0.4) is 0 Å². The van der Waals surface area contributed by atoms with E-state index in [-0.39, 0.29) is 17.9 Å². The zero-order valence-corrected chi connectivity index (χ0v) is 11.8. The second kappa shape index (κ2) is 6.66. The minimum Gasteiger partial charge on any atom is -0.348 e. The highest BCUT2D eigenvalue weighted by Gasteiger charge is 2.26. The summed E-state index contributed by atoms with van der Waals surface area (Å²) in [6, 6.07) is 5.76. The molecule has 1 aliphatic rings. The van der Waals surface area contributed by atoms with Crippen LogP contribution in [0, 0.1) is 5.92 Å². The molecule has 1 aliphatic heterocycles. The van der Waals surface area contributed by atoms with Crippen LogP contribution in [-0.4, -0.2) is 35.4 Å². The molecule has 2 heterocycles. The fourth-order valence-corrected chi connectivity index (χ4v) is 2.59. The first-order valence-corrected chi connectivity index (χ1v) is 7.14. The van der Waals surface area contributed by atoms with Gasteiger partial charge in [-0.25, -0.2) is 0 Å². The smallest absolute Gasteiger partial charge is 0.224 e. The van der Waals surface area contributed by atoms with Crippen molar-refractivity contribution in [2.75, 3.05) is 19.6 Å². The van der Waals surface area contributed by atoms with Crippen molar-refractivity contribution >= 4 is 5.91 Å². The predicted octanol–water partition coefficient (Wildman–Crippen LogP) is 1.99. The number of hydrogen-bond acceptors (Lipinski definition) is 3. The van der Waals surface area contributed by atoms with Crippen LogP contribution in [-0.2, 0) is 4.79 Å². The molecule has 2 rings (SSSR count). The summed E-state index contributed by atoms with van der Waals surface area (Å²) < 4.78 is 0. The minimum atomic E-state index is -0.0225. The summed E-state index contributed by atoms with van der Waals surface area (Å²) in [4.78, 5) is 18.9. The molecule has 0 spiro atoms. The number of carbonyl (C=O) groups is 1. The molecule has 0 saturated carbocycles. The highest BCUT2D eigenvalue weighted by molar-refractivity contribution is 5.79. The van der Waals surface area contributed by atoms with Crippen molar-refractivity contribution in [1.82, 2.24) is 15.2 Å². The molecule has 0 aliphatic carbocycles. The van der Waals surface area contributed by atoms with Gasteiger partial charge in [-0.3, -0.25) is 9.78 Å². The molecule has 19 heavy (non-hydrogen) atoms. The Labute approximate surface area is 115 Å². The van der Waals surface area contributed by atoms with E-state index in [1.807, 2.05) is 25.1 Å². The summed E-state index contributed by atoms with van der Waals surface area (Å²) in [5.74, 6) is 0.288. The van der Waals surface area contributed by atoms with Crippen LogP contribution in [0.15, 0.2) is 24.4 Å². The van der Waals surface area contributed by atoms with Gasteiger partial charge >= 0.3 is 0 Å². The number of nitrogens with zero attached hydrogens (tertiary/aromatic N) is 2.